The monoisotopic (exact) mass is 370 g/mol. The minimum atomic E-state index is 0.197. The van der Waals surface area contributed by atoms with Crippen LogP contribution in [0.4, 0.5) is 0 Å². The molecule has 70 valence electrons. The molecule has 0 fully saturated rings. The number of hydrogen-bond acceptors (Lipinski definition) is 2. The predicted molar refractivity (Wildman–Crippen MR) is 68.9 cm³/mol. The Balaban J connectivity index is 2.79. The van der Waals surface area contributed by atoms with Crippen molar-refractivity contribution in [1.82, 2.24) is 0 Å². The van der Waals surface area contributed by atoms with Crippen molar-refractivity contribution in [3.8, 4) is 0 Å². The Morgan fingerprint density at radius 1 is 1.54 bits per heavy atom. The van der Waals surface area contributed by atoms with Crippen LogP contribution in [0.1, 0.15) is 5.56 Å². The first kappa shape index (κ1) is 11.5. The zero-order valence-corrected chi connectivity index (χ0v) is 11.4. The molecule has 0 aliphatic rings. The molecule has 1 rings (SSSR count). The Kier molecular flexibility index (Phi) is 4.75. The number of alkyl halides is 1. The molecule has 0 aliphatic carbocycles. The summed E-state index contributed by atoms with van der Waals surface area (Å²) in [5.74, 6) is 0.197. The van der Waals surface area contributed by atoms with Crippen molar-refractivity contribution in [1.29, 1.82) is 0 Å². The quantitative estimate of drug-likeness (QED) is 0.491. The molecule has 0 aliphatic heterocycles. The van der Waals surface area contributed by atoms with Crippen molar-refractivity contribution in [2.24, 2.45) is 0 Å². The van der Waals surface area contributed by atoms with Crippen molar-refractivity contribution in [2.75, 3.05) is 5.33 Å². The molecule has 0 spiro atoms. The summed E-state index contributed by atoms with van der Waals surface area (Å²) in [4.78, 5) is 12.1. The van der Waals surface area contributed by atoms with Gasteiger partial charge in [-0.3, -0.25) is 4.79 Å². The van der Waals surface area contributed by atoms with Gasteiger partial charge in [-0.25, -0.2) is 0 Å². The number of benzene rings is 1. The Bertz CT molecular complexity index is 327. The van der Waals surface area contributed by atoms with E-state index in [2.05, 4.69) is 51.1 Å². The standard InChI is InChI=1S/C9H8BrIOS/c10-5-7(12)3-6-1-2-9(13)8(11)4-6/h1-2,4,13H,3,5H2. The molecule has 1 aromatic rings. The van der Waals surface area contributed by atoms with E-state index < -0.39 is 0 Å². The Morgan fingerprint density at radius 3 is 2.77 bits per heavy atom. The van der Waals surface area contributed by atoms with E-state index in [0.29, 0.717) is 11.8 Å². The zero-order chi connectivity index (χ0) is 9.84. The number of carbonyl (C=O) groups excluding carboxylic acids is 1. The van der Waals surface area contributed by atoms with Crippen molar-refractivity contribution < 1.29 is 4.79 Å². The summed E-state index contributed by atoms with van der Waals surface area (Å²) in [6.07, 6.45) is 0.495. The van der Waals surface area contributed by atoms with Crippen LogP contribution in [0.5, 0.6) is 0 Å². The summed E-state index contributed by atoms with van der Waals surface area (Å²) in [6.45, 7) is 0. The van der Waals surface area contributed by atoms with Gasteiger partial charge in [0, 0.05) is 14.9 Å². The maximum atomic E-state index is 11.1. The Morgan fingerprint density at radius 2 is 2.23 bits per heavy atom. The van der Waals surface area contributed by atoms with Gasteiger partial charge in [0.15, 0.2) is 0 Å². The zero-order valence-electron chi connectivity index (χ0n) is 6.76. The lowest BCUT2D eigenvalue weighted by molar-refractivity contribution is -0.115. The largest absolute Gasteiger partial charge is 0.298 e. The van der Waals surface area contributed by atoms with Crippen molar-refractivity contribution in [2.45, 2.75) is 11.3 Å². The summed E-state index contributed by atoms with van der Waals surface area (Å²) < 4.78 is 1.08. The van der Waals surface area contributed by atoms with E-state index in [1.165, 1.54) is 0 Å². The highest BCUT2D eigenvalue weighted by Crippen LogP contribution is 2.18. The number of rotatable bonds is 3. The maximum Gasteiger partial charge on any atom is 0.147 e. The normalized spacial score (nSPS) is 10.1. The van der Waals surface area contributed by atoms with Gasteiger partial charge in [-0.05, 0) is 40.3 Å². The van der Waals surface area contributed by atoms with Gasteiger partial charge in [0.05, 0.1) is 5.33 Å². The van der Waals surface area contributed by atoms with Crippen LogP contribution in [0.15, 0.2) is 23.1 Å². The molecule has 0 bridgehead atoms. The van der Waals surface area contributed by atoms with Crippen molar-refractivity contribution in [3.63, 3.8) is 0 Å². The van der Waals surface area contributed by atoms with E-state index in [0.717, 1.165) is 14.0 Å². The average Bonchev–Trinajstić information content (AvgIpc) is 2.11. The first-order valence-corrected chi connectivity index (χ1v) is 6.33. The van der Waals surface area contributed by atoms with Gasteiger partial charge in [-0.1, -0.05) is 22.0 Å². The van der Waals surface area contributed by atoms with Gasteiger partial charge in [0.2, 0.25) is 0 Å². The van der Waals surface area contributed by atoms with Gasteiger partial charge in [-0.15, -0.1) is 12.6 Å². The van der Waals surface area contributed by atoms with E-state index in [9.17, 15) is 4.79 Å². The van der Waals surface area contributed by atoms with E-state index in [4.69, 9.17) is 0 Å². The third-order valence-corrected chi connectivity index (χ3v) is 3.90. The first-order valence-electron chi connectivity index (χ1n) is 3.68. The molecular formula is C9H8BrIOS. The van der Waals surface area contributed by atoms with Gasteiger partial charge < -0.3 is 0 Å². The van der Waals surface area contributed by atoms with E-state index in [1.54, 1.807) is 0 Å². The summed E-state index contributed by atoms with van der Waals surface area (Å²) in [5.41, 5.74) is 1.05. The molecule has 0 aromatic heterocycles. The van der Waals surface area contributed by atoms with Crippen LogP contribution in [0.3, 0.4) is 0 Å². The third-order valence-electron chi connectivity index (χ3n) is 1.56. The highest BCUT2D eigenvalue weighted by atomic mass is 127. The van der Waals surface area contributed by atoms with E-state index >= 15 is 0 Å². The summed E-state index contributed by atoms with van der Waals surface area (Å²) in [5, 5.41) is 0.423. The average molecular weight is 371 g/mol. The van der Waals surface area contributed by atoms with Crippen LogP contribution < -0.4 is 0 Å². The third kappa shape index (κ3) is 3.59. The van der Waals surface area contributed by atoms with Crippen LogP contribution in [0.2, 0.25) is 0 Å². The van der Waals surface area contributed by atoms with Gasteiger partial charge >= 0.3 is 0 Å². The molecule has 4 heteroatoms. The van der Waals surface area contributed by atoms with Crippen LogP contribution >= 0.6 is 51.1 Å². The van der Waals surface area contributed by atoms with Crippen LogP contribution in [-0.4, -0.2) is 11.1 Å². The number of ketones is 1. The van der Waals surface area contributed by atoms with E-state index in [1.807, 2.05) is 18.2 Å². The molecule has 13 heavy (non-hydrogen) atoms. The molecule has 0 N–H and O–H groups in total. The number of Topliss-reactive ketones (excluding diaryl/α,β-unsaturated/α-hetero) is 1. The lowest BCUT2D eigenvalue weighted by atomic mass is 10.1. The molecule has 0 atom stereocenters. The SMILES string of the molecule is O=C(CBr)Cc1ccc(S)c(I)c1. The number of carbonyl (C=O) groups is 1. The van der Waals surface area contributed by atoms with E-state index in [-0.39, 0.29) is 5.78 Å². The fourth-order valence-corrected chi connectivity index (χ4v) is 1.85. The molecule has 0 amide bonds. The molecule has 1 aromatic carbocycles. The molecule has 0 saturated heterocycles. The summed E-state index contributed by atoms with van der Waals surface area (Å²) in [7, 11) is 0. The number of hydrogen-bond donors (Lipinski definition) is 1. The smallest absolute Gasteiger partial charge is 0.147 e. The first-order chi connectivity index (χ1) is 6.13. The molecular weight excluding hydrogens is 363 g/mol. The Hall–Kier alpha value is 0.450. The summed E-state index contributed by atoms with van der Waals surface area (Å²) >= 11 is 9.61. The van der Waals surface area contributed by atoms with Gasteiger partial charge in [0.1, 0.15) is 5.78 Å². The molecule has 0 unspecified atom stereocenters. The predicted octanol–water partition coefficient (Wildman–Crippen LogP) is 3.09. The number of halogens is 2. The van der Waals surface area contributed by atoms with Crippen LogP contribution in [0.25, 0.3) is 0 Å². The molecule has 0 radical (unpaired) electrons. The minimum absolute atomic E-state index is 0.197. The second kappa shape index (κ2) is 5.36. The fraction of sp³-hybridized carbons (Fsp3) is 0.222. The Labute approximate surface area is 105 Å². The lowest BCUT2D eigenvalue weighted by Crippen LogP contribution is -2.03. The highest BCUT2D eigenvalue weighted by molar-refractivity contribution is 14.1. The molecule has 1 nitrogen and oxygen atoms in total. The van der Waals surface area contributed by atoms with Crippen LogP contribution in [-0.2, 0) is 11.2 Å². The minimum Gasteiger partial charge on any atom is -0.298 e. The number of thiol groups is 1. The van der Waals surface area contributed by atoms with Gasteiger partial charge in [-0.2, -0.15) is 0 Å². The molecule has 0 saturated carbocycles. The topological polar surface area (TPSA) is 17.1 Å². The van der Waals surface area contributed by atoms with Crippen LogP contribution in [0, 0.1) is 3.57 Å². The lowest BCUT2D eigenvalue weighted by Gasteiger charge is -2.01. The summed E-state index contributed by atoms with van der Waals surface area (Å²) in [6, 6.07) is 5.84. The fourth-order valence-electron chi connectivity index (χ4n) is 0.935. The highest BCUT2D eigenvalue weighted by Gasteiger charge is 2.03. The second-order valence-electron chi connectivity index (χ2n) is 2.63. The molecule has 0 heterocycles. The van der Waals surface area contributed by atoms with Crippen molar-refractivity contribution >= 4 is 56.9 Å². The second-order valence-corrected chi connectivity index (χ2v) is 4.84. The van der Waals surface area contributed by atoms with Crippen molar-refractivity contribution in [3.05, 3.63) is 27.3 Å². The maximum absolute atomic E-state index is 11.1. The van der Waals surface area contributed by atoms with Gasteiger partial charge in [0.25, 0.3) is 0 Å².